The molecule has 0 amide bonds. The zero-order chi connectivity index (χ0) is 13.7. The highest BCUT2D eigenvalue weighted by Gasteiger charge is 2.14. The molecule has 0 radical (unpaired) electrons. The van der Waals surface area contributed by atoms with E-state index in [0.29, 0.717) is 17.6 Å². The highest BCUT2D eigenvalue weighted by atomic mass is 16.3. The van der Waals surface area contributed by atoms with Crippen molar-refractivity contribution in [3.63, 3.8) is 0 Å². The number of aromatic hydroxyl groups is 1. The summed E-state index contributed by atoms with van der Waals surface area (Å²) < 4.78 is 0. The maximum atomic E-state index is 9.34. The normalized spacial score (nSPS) is 14.0. The summed E-state index contributed by atoms with van der Waals surface area (Å²) in [4.78, 5) is 0. The second-order valence-electron chi connectivity index (χ2n) is 5.24. The molecule has 2 unspecified atom stereocenters. The molecule has 0 bridgehead atoms. The summed E-state index contributed by atoms with van der Waals surface area (Å²) in [7, 11) is 0. The number of phenolic OH excluding ortho intramolecular Hbond substituents is 1. The van der Waals surface area contributed by atoms with Crippen LogP contribution in [0.4, 0.5) is 0 Å². The Bertz CT molecular complexity index is 487. The van der Waals surface area contributed by atoms with Gasteiger partial charge in [-0.2, -0.15) is 0 Å². The molecule has 0 aliphatic rings. The molecule has 1 N–H and O–H groups in total. The predicted octanol–water partition coefficient (Wildman–Crippen LogP) is 5.08. The molecule has 1 nitrogen and oxygen atoms in total. The van der Waals surface area contributed by atoms with Crippen LogP contribution in [0.25, 0.3) is 0 Å². The van der Waals surface area contributed by atoms with Gasteiger partial charge < -0.3 is 5.11 Å². The third kappa shape index (κ3) is 3.60. The van der Waals surface area contributed by atoms with E-state index in [-0.39, 0.29) is 0 Å². The maximum Gasteiger partial charge on any atom is 0.115 e. The summed E-state index contributed by atoms with van der Waals surface area (Å²) in [6.07, 6.45) is 2.30. The fraction of sp³-hybridized carbons (Fsp3) is 0.333. The monoisotopic (exact) mass is 254 g/mol. The van der Waals surface area contributed by atoms with Gasteiger partial charge in [-0.1, -0.05) is 56.3 Å². The van der Waals surface area contributed by atoms with Gasteiger partial charge in [0.2, 0.25) is 0 Å². The van der Waals surface area contributed by atoms with Gasteiger partial charge >= 0.3 is 0 Å². The summed E-state index contributed by atoms with van der Waals surface area (Å²) in [5.41, 5.74) is 2.72. The minimum absolute atomic E-state index is 0.339. The Kier molecular flexibility index (Phi) is 4.62. The van der Waals surface area contributed by atoms with Crippen molar-refractivity contribution in [3.05, 3.63) is 65.7 Å². The fourth-order valence-electron chi connectivity index (χ4n) is 2.63. The van der Waals surface area contributed by atoms with Crippen LogP contribution < -0.4 is 0 Å². The second kappa shape index (κ2) is 6.42. The van der Waals surface area contributed by atoms with Crippen LogP contribution in [0.1, 0.15) is 49.7 Å². The third-order valence-electron chi connectivity index (χ3n) is 3.86. The van der Waals surface area contributed by atoms with Crippen LogP contribution in [0, 0.1) is 0 Å². The lowest BCUT2D eigenvalue weighted by Gasteiger charge is -2.20. The first kappa shape index (κ1) is 13.7. The molecule has 0 spiro atoms. The Morgan fingerprint density at radius 3 is 2.11 bits per heavy atom. The summed E-state index contributed by atoms with van der Waals surface area (Å²) in [5.74, 6) is 1.45. The van der Waals surface area contributed by atoms with Crippen molar-refractivity contribution in [1.82, 2.24) is 0 Å². The lowest BCUT2D eigenvalue weighted by Crippen LogP contribution is -2.03. The highest BCUT2D eigenvalue weighted by molar-refractivity contribution is 5.29. The van der Waals surface area contributed by atoms with E-state index in [2.05, 4.69) is 44.2 Å². The molecule has 2 atom stereocenters. The Hall–Kier alpha value is -1.76. The van der Waals surface area contributed by atoms with Crippen LogP contribution in [0.3, 0.4) is 0 Å². The lowest BCUT2D eigenvalue weighted by molar-refractivity contribution is 0.474. The average molecular weight is 254 g/mol. The smallest absolute Gasteiger partial charge is 0.115 e. The summed E-state index contributed by atoms with van der Waals surface area (Å²) >= 11 is 0. The van der Waals surface area contributed by atoms with Crippen LogP contribution in [0.2, 0.25) is 0 Å². The first-order valence-corrected chi connectivity index (χ1v) is 7.04. The molecule has 1 heteroatoms. The van der Waals surface area contributed by atoms with E-state index in [4.69, 9.17) is 0 Å². The number of hydrogen-bond acceptors (Lipinski definition) is 1. The van der Waals surface area contributed by atoms with Gasteiger partial charge in [-0.3, -0.25) is 0 Å². The predicted molar refractivity (Wildman–Crippen MR) is 80.6 cm³/mol. The molecule has 0 saturated heterocycles. The number of benzene rings is 2. The minimum atomic E-state index is 0.339. The van der Waals surface area contributed by atoms with E-state index < -0.39 is 0 Å². The Morgan fingerprint density at radius 1 is 0.895 bits per heavy atom. The van der Waals surface area contributed by atoms with Gasteiger partial charge in [0.25, 0.3) is 0 Å². The van der Waals surface area contributed by atoms with Crippen LogP contribution in [0.5, 0.6) is 5.75 Å². The van der Waals surface area contributed by atoms with Crippen molar-refractivity contribution in [3.8, 4) is 5.75 Å². The van der Waals surface area contributed by atoms with Gasteiger partial charge in [0, 0.05) is 0 Å². The zero-order valence-electron chi connectivity index (χ0n) is 11.7. The van der Waals surface area contributed by atoms with Crippen molar-refractivity contribution in [2.75, 3.05) is 0 Å². The van der Waals surface area contributed by atoms with E-state index in [9.17, 15) is 5.11 Å². The van der Waals surface area contributed by atoms with E-state index in [0.717, 1.165) is 12.8 Å². The summed E-state index contributed by atoms with van der Waals surface area (Å²) in [5, 5.41) is 9.34. The molecule has 2 aromatic carbocycles. The van der Waals surface area contributed by atoms with Crippen molar-refractivity contribution < 1.29 is 5.11 Å². The van der Waals surface area contributed by atoms with Gasteiger partial charge in [0.05, 0.1) is 0 Å². The van der Waals surface area contributed by atoms with Crippen LogP contribution in [-0.2, 0) is 0 Å². The first-order chi connectivity index (χ1) is 9.20. The van der Waals surface area contributed by atoms with Gasteiger partial charge in [-0.15, -0.1) is 0 Å². The van der Waals surface area contributed by atoms with Gasteiger partial charge in [0.15, 0.2) is 0 Å². The van der Waals surface area contributed by atoms with Crippen molar-refractivity contribution in [1.29, 1.82) is 0 Å². The standard InChI is InChI=1S/C18H22O/c1-3-15(17-7-5-4-6-8-17)13-14(2)16-9-11-18(19)12-10-16/h4-12,14-15,19H,3,13H2,1-2H3. The van der Waals surface area contributed by atoms with Crippen LogP contribution in [-0.4, -0.2) is 5.11 Å². The maximum absolute atomic E-state index is 9.34. The molecule has 2 aromatic rings. The Balaban J connectivity index is 2.08. The molecule has 0 saturated carbocycles. The lowest BCUT2D eigenvalue weighted by atomic mass is 9.85. The zero-order valence-corrected chi connectivity index (χ0v) is 11.7. The minimum Gasteiger partial charge on any atom is -0.508 e. The quantitative estimate of drug-likeness (QED) is 0.789. The van der Waals surface area contributed by atoms with E-state index in [1.54, 1.807) is 12.1 Å². The summed E-state index contributed by atoms with van der Waals surface area (Å²) in [6, 6.07) is 18.3. The first-order valence-electron chi connectivity index (χ1n) is 7.04. The molecule has 0 aliphatic heterocycles. The molecule has 0 heterocycles. The molecule has 100 valence electrons. The number of rotatable bonds is 5. The fourth-order valence-corrected chi connectivity index (χ4v) is 2.63. The molecule has 19 heavy (non-hydrogen) atoms. The Labute approximate surface area is 115 Å². The number of phenols is 1. The van der Waals surface area contributed by atoms with E-state index in [1.807, 2.05) is 12.1 Å². The van der Waals surface area contributed by atoms with Crippen molar-refractivity contribution >= 4 is 0 Å². The third-order valence-corrected chi connectivity index (χ3v) is 3.86. The van der Waals surface area contributed by atoms with E-state index in [1.165, 1.54) is 11.1 Å². The Morgan fingerprint density at radius 2 is 1.53 bits per heavy atom. The molecular formula is C18H22O. The molecular weight excluding hydrogens is 232 g/mol. The van der Waals surface area contributed by atoms with E-state index >= 15 is 0 Å². The summed E-state index contributed by atoms with van der Waals surface area (Å²) in [6.45, 7) is 4.51. The number of hydrogen-bond donors (Lipinski definition) is 1. The van der Waals surface area contributed by atoms with Crippen molar-refractivity contribution in [2.45, 2.75) is 38.5 Å². The van der Waals surface area contributed by atoms with Crippen LogP contribution in [0.15, 0.2) is 54.6 Å². The van der Waals surface area contributed by atoms with Gasteiger partial charge in [0.1, 0.15) is 5.75 Å². The molecule has 0 fully saturated rings. The van der Waals surface area contributed by atoms with Crippen molar-refractivity contribution in [2.24, 2.45) is 0 Å². The molecule has 0 aliphatic carbocycles. The average Bonchev–Trinajstić information content (AvgIpc) is 2.46. The second-order valence-corrected chi connectivity index (χ2v) is 5.24. The van der Waals surface area contributed by atoms with Crippen LogP contribution >= 0.6 is 0 Å². The largest absolute Gasteiger partial charge is 0.508 e. The SMILES string of the molecule is CCC(CC(C)c1ccc(O)cc1)c1ccccc1. The topological polar surface area (TPSA) is 20.2 Å². The molecule has 0 aromatic heterocycles. The van der Waals surface area contributed by atoms with Gasteiger partial charge in [-0.05, 0) is 47.9 Å². The van der Waals surface area contributed by atoms with Gasteiger partial charge in [-0.25, -0.2) is 0 Å². The highest BCUT2D eigenvalue weighted by Crippen LogP contribution is 2.32. The molecule has 2 rings (SSSR count).